The molecule has 122 valence electrons. The molecule has 0 amide bonds. The van der Waals surface area contributed by atoms with Crippen molar-refractivity contribution in [3.63, 3.8) is 0 Å². The number of aliphatic imine (C=N–C) groups is 1. The maximum atomic E-state index is 12.8. The molecule has 0 radical (unpaired) electrons. The summed E-state index contributed by atoms with van der Waals surface area (Å²) in [6, 6.07) is 11.0. The van der Waals surface area contributed by atoms with E-state index >= 15 is 0 Å². The molecule has 1 aliphatic heterocycles. The fraction of sp³-hybridized carbons (Fsp3) is 0.250. The van der Waals surface area contributed by atoms with E-state index in [0.717, 1.165) is 16.9 Å². The smallest absolute Gasteiger partial charge is 0.173 e. The Hall–Kier alpha value is -2.75. The Bertz CT molecular complexity index is 863. The van der Waals surface area contributed by atoms with Crippen LogP contribution in [0.3, 0.4) is 0 Å². The molecule has 0 spiro atoms. The zero-order valence-electron chi connectivity index (χ0n) is 14.2. The summed E-state index contributed by atoms with van der Waals surface area (Å²) in [5.41, 5.74) is 3.95. The maximum absolute atomic E-state index is 12.8. The van der Waals surface area contributed by atoms with Gasteiger partial charge in [-0.1, -0.05) is 0 Å². The number of hydrogen-bond donors (Lipinski definition) is 0. The maximum Gasteiger partial charge on any atom is 0.173 e. The molecule has 0 bridgehead atoms. The summed E-state index contributed by atoms with van der Waals surface area (Å²) in [6.07, 6.45) is 0. The fourth-order valence-corrected chi connectivity index (χ4v) is 3.01. The number of benzene rings is 2. The third-order valence-electron chi connectivity index (χ3n) is 4.32. The molecular weight excluding hydrogens is 302 g/mol. The lowest BCUT2D eigenvalue weighted by Gasteiger charge is -2.23. The molecule has 1 unspecified atom stereocenters. The van der Waals surface area contributed by atoms with E-state index in [2.05, 4.69) is 0 Å². The third-order valence-corrected chi connectivity index (χ3v) is 4.32. The lowest BCUT2D eigenvalue weighted by atomic mass is 9.85. The van der Waals surface area contributed by atoms with Crippen LogP contribution < -0.4 is 4.74 Å². The molecular formula is C20H19NO3. The minimum absolute atomic E-state index is 0.00276. The monoisotopic (exact) mass is 321 g/mol. The number of rotatable bonds is 3. The molecule has 4 heteroatoms. The topological polar surface area (TPSA) is 55.7 Å². The first kappa shape index (κ1) is 16.1. The first-order chi connectivity index (χ1) is 11.4. The Labute approximate surface area is 141 Å². The quantitative estimate of drug-likeness (QED) is 0.798. The van der Waals surface area contributed by atoms with E-state index in [-0.39, 0.29) is 17.5 Å². The first-order valence-electron chi connectivity index (χ1n) is 7.85. The van der Waals surface area contributed by atoms with E-state index < -0.39 is 0 Å². The van der Waals surface area contributed by atoms with Gasteiger partial charge in [0, 0.05) is 11.1 Å². The standard InChI is InChI=1S/C20H19NO3/c1-11-9-16(13(3)22)19-17(10-11)20(23)12(2)18(21-19)14-5-7-15(24-4)8-6-14/h5-10,12H,1-4H3. The Morgan fingerprint density at radius 3 is 2.42 bits per heavy atom. The van der Waals surface area contributed by atoms with Crippen LogP contribution in [0, 0.1) is 12.8 Å². The van der Waals surface area contributed by atoms with Crippen molar-refractivity contribution in [1.82, 2.24) is 0 Å². The molecule has 0 saturated carbocycles. The van der Waals surface area contributed by atoms with Crippen LogP contribution in [-0.2, 0) is 0 Å². The van der Waals surface area contributed by atoms with Gasteiger partial charge in [-0.05, 0) is 68.3 Å². The van der Waals surface area contributed by atoms with Crippen LogP contribution in [0.1, 0.15) is 45.7 Å². The van der Waals surface area contributed by atoms with E-state index in [9.17, 15) is 9.59 Å². The molecule has 24 heavy (non-hydrogen) atoms. The number of fused-ring (bicyclic) bond motifs is 1. The number of carbonyl (C=O) groups is 2. The second-order valence-electron chi connectivity index (χ2n) is 6.08. The normalized spacial score (nSPS) is 16.4. The van der Waals surface area contributed by atoms with Gasteiger partial charge in [0.05, 0.1) is 24.4 Å². The van der Waals surface area contributed by atoms with Crippen molar-refractivity contribution in [3.05, 3.63) is 58.7 Å². The van der Waals surface area contributed by atoms with Gasteiger partial charge in [0.25, 0.3) is 0 Å². The third kappa shape index (κ3) is 2.64. The van der Waals surface area contributed by atoms with Crippen LogP contribution in [0.5, 0.6) is 5.75 Å². The van der Waals surface area contributed by atoms with Crippen LogP contribution in [-0.4, -0.2) is 24.4 Å². The van der Waals surface area contributed by atoms with Gasteiger partial charge in [-0.25, -0.2) is 0 Å². The number of nitrogens with zero attached hydrogens (tertiary/aromatic N) is 1. The predicted molar refractivity (Wildman–Crippen MR) is 93.9 cm³/mol. The highest BCUT2D eigenvalue weighted by atomic mass is 16.5. The van der Waals surface area contributed by atoms with Gasteiger partial charge in [0.1, 0.15) is 5.75 Å². The molecule has 0 N–H and O–H groups in total. The van der Waals surface area contributed by atoms with Crippen molar-refractivity contribution in [2.24, 2.45) is 10.9 Å². The summed E-state index contributed by atoms with van der Waals surface area (Å²) in [7, 11) is 1.61. The van der Waals surface area contributed by atoms with Crippen molar-refractivity contribution < 1.29 is 14.3 Å². The number of Topliss-reactive ketones (excluding diaryl/α,β-unsaturated/α-hetero) is 2. The van der Waals surface area contributed by atoms with Crippen LogP contribution in [0.25, 0.3) is 0 Å². The van der Waals surface area contributed by atoms with E-state index in [0.29, 0.717) is 22.5 Å². The highest BCUT2D eigenvalue weighted by molar-refractivity contribution is 6.24. The minimum atomic E-state index is -0.354. The summed E-state index contributed by atoms with van der Waals surface area (Å²) < 4.78 is 5.17. The molecule has 4 nitrogen and oxygen atoms in total. The second kappa shape index (κ2) is 6.04. The van der Waals surface area contributed by atoms with Gasteiger partial charge in [-0.3, -0.25) is 14.6 Å². The number of aryl methyl sites for hydroxylation is 1. The fourth-order valence-electron chi connectivity index (χ4n) is 3.01. The molecule has 1 atom stereocenters. The van der Waals surface area contributed by atoms with Crippen molar-refractivity contribution in [3.8, 4) is 5.75 Å². The molecule has 0 aromatic heterocycles. The van der Waals surface area contributed by atoms with Gasteiger partial charge in [0.2, 0.25) is 0 Å². The van der Waals surface area contributed by atoms with E-state index in [1.807, 2.05) is 44.2 Å². The minimum Gasteiger partial charge on any atom is -0.497 e. The summed E-state index contributed by atoms with van der Waals surface area (Å²) in [6.45, 7) is 5.23. The molecule has 2 aromatic carbocycles. The zero-order valence-corrected chi connectivity index (χ0v) is 14.2. The van der Waals surface area contributed by atoms with E-state index in [4.69, 9.17) is 9.73 Å². The predicted octanol–water partition coefficient (Wildman–Crippen LogP) is 4.16. The SMILES string of the molecule is COc1ccc(C2=Nc3c(C(C)=O)cc(C)cc3C(=O)C2C)cc1. The summed E-state index contributed by atoms with van der Waals surface area (Å²) in [5.74, 6) is 0.300. The Morgan fingerprint density at radius 1 is 1.17 bits per heavy atom. The molecule has 0 aliphatic carbocycles. The number of hydrogen-bond acceptors (Lipinski definition) is 4. The average molecular weight is 321 g/mol. The Morgan fingerprint density at radius 2 is 1.83 bits per heavy atom. The highest BCUT2D eigenvalue weighted by Crippen LogP contribution is 2.35. The van der Waals surface area contributed by atoms with Crippen LogP contribution in [0.2, 0.25) is 0 Å². The van der Waals surface area contributed by atoms with Crippen LogP contribution in [0.15, 0.2) is 41.4 Å². The Balaban J connectivity index is 2.20. The molecule has 0 fully saturated rings. The average Bonchev–Trinajstić information content (AvgIpc) is 2.58. The van der Waals surface area contributed by atoms with E-state index in [1.54, 1.807) is 13.2 Å². The summed E-state index contributed by atoms with van der Waals surface area (Å²) in [5, 5.41) is 0. The molecule has 1 heterocycles. The largest absolute Gasteiger partial charge is 0.497 e. The summed E-state index contributed by atoms with van der Waals surface area (Å²) in [4.78, 5) is 29.5. The lowest BCUT2D eigenvalue weighted by molar-refractivity contribution is 0.0960. The zero-order chi connectivity index (χ0) is 17.4. The van der Waals surface area contributed by atoms with Crippen molar-refractivity contribution >= 4 is 23.0 Å². The number of methoxy groups -OCH3 is 1. The number of carbonyl (C=O) groups excluding carboxylic acids is 2. The Kier molecular flexibility index (Phi) is 4.06. The van der Waals surface area contributed by atoms with E-state index in [1.165, 1.54) is 6.92 Å². The first-order valence-corrected chi connectivity index (χ1v) is 7.85. The lowest BCUT2D eigenvalue weighted by Crippen LogP contribution is -2.26. The van der Waals surface area contributed by atoms with Gasteiger partial charge >= 0.3 is 0 Å². The van der Waals surface area contributed by atoms with Gasteiger partial charge in [-0.2, -0.15) is 0 Å². The van der Waals surface area contributed by atoms with Gasteiger partial charge < -0.3 is 4.74 Å². The number of ether oxygens (including phenoxy) is 1. The molecule has 3 rings (SSSR count). The van der Waals surface area contributed by atoms with Crippen LogP contribution >= 0.6 is 0 Å². The molecule has 0 saturated heterocycles. The van der Waals surface area contributed by atoms with Gasteiger partial charge in [-0.15, -0.1) is 0 Å². The van der Waals surface area contributed by atoms with Gasteiger partial charge in [0.15, 0.2) is 11.6 Å². The molecule has 2 aromatic rings. The van der Waals surface area contributed by atoms with Crippen LogP contribution in [0.4, 0.5) is 5.69 Å². The highest BCUT2D eigenvalue weighted by Gasteiger charge is 2.31. The van der Waals surface area contributed by atoms with Crippen molar-refractivity contribution in [2.45, 2.75) is 20.8 Å². The van der Waals surface area contributed by atoms with Crippen molar-refractivity contribution in [2.75, 3.05) is 7.11 Å². The molecule has 1 aliphatic rings. The summed E-state index contributed by atoms with van der Waals surface area (Å²) >= 11 is 0. The van der Waals surface area contributed by atoms with Crippen molar-refractivity contribution in [1.29, 1.82) is 0 Å². The second-order valence-corrected chi connectivity index (χ2v) is 6.08. The number of ketones is 2.